The maximum Gasteiger partial charge on any atom is 0.141 e. The molecule has 1 unspecified atom stereocenters. The van der Waals surface area contributed by atoms with Gasteiger partial charge in [-0.15, -0.1) is 0 Å². The van der Waals surface area contributed by atoms with Crippen molar-refractivity contribution in [3.63, 3.8) is 0 Å². The molecular formula is C10H12BrFO2. The van der Waals surface area contributed by atoms with E-state index in [1.54, 1.807) is 6.07 Å². The Labute approximate surface area is 90.8 Å². The third kappa shape index (κ3) is 2.25. The number of methoxy groups -OCH3 is 1. The highest BCUT2D eigenvalue weighted by molar-refractivity contribution is 9.10. The minimum absolute atomic E-state index is 0.334. The molecule has 1 aromatic carbocycles. The standard InChI is InChI=1S/C10H12BrFO2/c1-3-9(13)6-4-7(11)8(12)5-10(6)14-2/h4-5,9,13H,3H2,1-2H3. The van der Waals surface area contributed by atoms with E-state index < -0.39 is 11.9 Å². The van der Waals surface area contributed by atoms with Crippen molar-refractivity contribution in [1.82, 2.24) is 0 Å². The van der Waals surface area contributed by atoms with E-state index in [1.165, 1.54) is 13.2 Å². The van der Waals surface area contributed by atoms with Crippen molar-refractivity contribution in [1.29, 1.82) is 0 Å². The Hall–Kier alpha value is -0.610. The van der Waals surface area contributed by atoms with E-state index in [0.717, 1.165) is 0 Å². The SMILES string of the molecule is CCC(O)c1cc(Br)c(F)cc1OC. The van der Waals surface area contributed by atoms with Crippen LogP contribution in [0.15, 0.2) is 16.6 Å². The third-order valence-corrected chi connectivity index (χ3v) is 2.63. The van der Waals surface area contributed by atoms with Crippen LogP contribution in [0.25, 0.3) is 0 Å². The topological polar surface area (TPSA) is 29.5 Å². The molecule has 1 N–H and O–H groups in total. The van der Waals surface area contributed by atoms with Gasteiger partial charge in [-0.05, 0) is 28.4 Å². The second-order valence-electron chi connectivity index (χ2n) is 2.93. The molecule has 0 saturated carbocycles. The van der Waals surface area contributed by atoms with Crippen LogP contribution >= 0.6 is 15.9 Å². The Morgan fingerprint density at radius 1 is 1.57 bits per heavy atom. The Balaban J connectivity index is 3.19. The lowest BCUT2D eigenvalue weighted by Crippen LogP contribution is -2.00. The molecule has 0 amide bonds. The van der Waals surface area contributed by atoms with Gasteiger partial charge in [0, 0.05) is 11.6 Å². The molecule has 0 saturated heterocycles. The van der Waals surface area contributed by atoms with E-state index in [9.17, 15) is 9.50 Å². The fraction of sp³-hybridized carbons (Fsp3) is 0.400. The van der Waals surface area contributed by atoms with Gasteiger partial charge in [-0.25, -0.2) is 4.39 Å². The molecule has 4 heteroatoms. The number of aliphatic hydroxyl groups excluding tert-OH is 1. The lowest BCUT2D eigenvalue weighted by Gasteiger charge is -2.13. The largest absolute Gasteiger partial charge is 0.496 e. The van der Waals surface area contributed by atoms with E-state index in [4.69, 9.17) is 4.74 Å². The van der Waals surface area contributed by atoms with Crippen LogP contribution in [0.4, 0.5) is 4.39 Å². The zero-order valence-corrected chi connectivity index (χ0v) is 9.64. The zero-order valence-electron chi connectivity index (χ0n) is 8.05. The molecule has 1 atom stereocenters. The number of rotatable bonds is 3. The number of ether oxygens (including phenoxy) is 1. The second kappa shape index (κ2) is 4.75. The average Bonchev–Trinajstić information content (AvgIpc) is 2.20. The molecule has 14 heavy (non-hydrogen) atoms. The van der Waals surface area contributed by atoms with Gasteiger partial charge in [0.1, 0.15) is 11.6 Å². The molecule has 0 aliphatic heterocycles. The summed E-state index contributed by atoms with van der Waals surface area (Å²) in [4.78, 5) is 0. The zero-order chi connectivity index (χ0) is 10.7. The average molecular weight is 263 g/mol. The number of benzene rings is 1. The predicted octanol–water partition coefficient (Wildman–Crippen LogP) is 3.04. The monoisotopic (exact) mass is 262 g/mol. The first-order valence-electron chi connectivity index (χ1n) is 4.31. The van der Waals surface area contributed by atoms with Crippen LogP contribution in [-0.4, -0.2) is 12.2 Å². The normalized spacial score (nSPS) is 12.6. The van der Waals surface area contributed by atoms with Crippen molar-refractivity contribution in [3.05, 3.63) is 28.0 Å². The molecule has 0 bridgehead atoms. The Bertz CT molecular complexity index is 328. The molecule has 78 valence electrons. The van der Waals surface area contributed by atoms with Crippen LogP contribution in [0.5, 0.6) is 5.75 Å². The fourth-order valence-electron chi connectivity index (χ4n) is 1.20. The Morgan fingerprint density at radius 2 is 2.21 bits per heavy atom. The molecule has 0 spiro atoms. The van der Waals surface area contributed by atoms with E-state index >= 15 is 0 Å². The smallest absolute Gasteiger partial charge is 0.141 e. The van der Waals surface area contributed by atoms with Crippen molar-refractivity contribution in [2.75, 3.05) is 7.11 Å². The van der Waals surface area contributed by atoms with Gasteiger partial charge < -0.3 is 9.84 Å². The number of halogens is 2. The summed E-state index contributed by atoms with van der Waals surface area (Å²) in [5, 5.41) is 9.63. The molecule has 0 aliphatic rings. The summed E-state index contributed by atoms with van der Waals surface area (Å²) >= 11 is 3.07. The Morgan fingerprint density at radius 3 is 2.71 bits per heavy atom. The lowest BCUT2D eigenvalue weighted by molar-refractivity contribution is 0.169. The molecule has 0 heterocycles. The van der Waals surface area contributed by atoms with Crippen LogP contribution in [0, 0.1) is 5.82 Å². The van der Waals surface area contributed by atoms with Gasteiger partial charge in [-0.1, -0.05) is 6.92 Å². The minimum Gasteiger partial charge on any atom is -0.496 e. The predicted molar refractivity (Wildman–Crippen MR) is 55.9 cm³/mol. The molecule has 1 aromatic rings. The number of hydrogen-bond donors (Lipinski definition) is 1. The number of aliphatic hydroxyl groups is 1. The molecular weight excluding hydrogens is 251 g/mol. The minimum atomic E-state index is -0.623. The molecule has 0 radical (unpaired) electrons. The van der Waals surface area contributed by atoms with Crippen molar-refractivity contribution in [3.8, 4) is 5.75 Å². The van der Waals surface area contributed by atoms with Crippen LogP contribution in [0.2, 0.25) is 0 Å². The first-order valence-corrected chi connectivity index (χ1v) is 5.10. The molecule has 0 fully saturated rings. The summed E-state index contributed by atoms with van der Waals surface area (Å²) in [6, 6.07) is 2.81. The highest BCUT2D eigenvalue weighted by Gasteiger charge is 2.14. The van der Waals surface area contributed by atoms with Gasteiger partial charge >= 0.3 is 0 Å². The van der Waals surface area contributed by atoms with E-state index in [0.29, 0.717) is 22.2 Å². The van der Waals surface area contributed by atoms with Gasteiger partial charge in [0.25, 0.3) is 0 Å². The quantitative estimate of drug-likeness (QED) is 0.908. The van der Waals surface area contributed by atoms with E-state index in [1.807, 2.05) is 6.92 Å². The summed E-state index contributed by atoms with van der Waals surface area (Å²) < 4.78 is 18.4. The summed E-state index contributed by atoms with van der Waals surface area (Å²) in [7, 11) is 1.45. The first kappa shape index (κ1) is 11.5. The maximum atomic E-state index is 13.1. The molecule has 0 aromatic heterocycles. The highest BCUT2D eigenvalue weighted by atomic mass is 79.9. The second-order valence-corrected chi connectivity index (χ2v) is 3.79. The maximum absolute atomic E-state index is 13.1. The van der Waals surface area contributed by atoms with Gasteiger partial charge in [-0.3, -0.25) is 0 Å². The third-order valence-electron chi connectivity index (χ3n) is 2.02. The summed E-state index contributed by atoms with van der Waals surface area (Å²) in [6.45, 7) is 1.85. The van der Waals surface area contributed by atoms with Gasteiger partial charge in [0.05, 0.1) is 17.7 Å². The summed E-state index contributed by atoms with van der Waals surface area (Å²) in [5.41, 5.74) is 0.600. The number of hydrogen-bond acceptors (Lipinski definition) is 2. The van der Waals surface area contributed by atoms with Gasteiger partial charge in [-0.2, -0.15) is 0 Å². The first-order chi connectivity index (χ1) is 6.60. The Kier molecular flexibility index (Phi) is 3.89. The van der Waals surface area contributed by atoms with Crippen LogP contribution < -0.4 is 4.74 Å². The van der Waals surface area contributed by atoms with Crippen molar-refractivity contribution < 1.29 is 14.2 Å². The van der Waals surface area contributed by atoms with Crippen LogP contribution in [-0.2, 0) is 0 Å². The van der Waals surface area contributed by atoms with Gasteiger partial charge in [0.2, 0.25) is 0 Å². The van der Waals surface area contributed by atoms with Crippen molar-refractivity contribution in [2.45, 2.75) is 19.4 Å². The van der Waals surface area contributed by atoms with Gasteiger partial charge in [0.15, 0.2) is 0 Å². The molecule has 0 aliphatic carbocycles. The fourth-order valence-corrected chi connectivity index (χ4v) is 1.56. The molecule has 1 rings (SSSR count). The highest BCUT2D eigenvalue weighted by Crippen LogP contribution is 2.31. The van der Waals surface area contributed by atoms with Crippen molar-refractivity contribution in [2.24, 2.45) is 0 Å². The van der Waals surface area contributed by atoms with Crippen molar-refractivity contribution >= 4 is 15.9 Å². The van der Waals surface area contributed by atoms with E-state index in [2.05, 4.69) is 15.9 Å². The van der Waals surface area contributed by atoms with E-state index in [-0.39, 0.29) is 0 Å². The lowest BCUT2D eigenvalue weighted by atomic mass is 10.1. The molecule has 2 nitrogen and oxygen atoms in total. The summed E-state index contributed by atoms with van der Waals surface area (Å²) in [5.74, 6) is -0.0195. The van der Waals surface area contributed by atoms with Crippen LogP contribution in [0.3, 0.4) is 0 Å². The summed E-state index contributed by atoms with van der Waals surface area (Å²) in [6.07, 6.45) is -0.0594. The van der Waals surface area contributed by atoms with Crippen LogP contribution in [0.1, 0.15) is 25.0 Å².